The SMILES string of the molecule is COCC(=O)CCc1ccco1. The normalized spacial score (nSPS) is 10.1. The number of hydrogen-bond acceptors (Lipinski definition) is 3. The summed E-state index contributed by atoms with van der Waals surface area (Å²) >= 11 is 0. The van der Waals surface area contributed by atoms with E-state index in [4.69, 9.17) is 9.15 Å². The molecule has 0 spiro atoms. The molecule has 1 aromatic rings. The molecule has 3 heteroatoms. The Morgan fingerprint density at radius 1 is 1.67 bits per heavy atom. The number of ketones is 1. The first-order valence-electron chi connectivity index (χ1n) is 3.86. The van der Waals surface area contributed by atoms with Crippen LogP contribution in [0.2, 0.25) is 0 Å². The average molecular weight is 168 g/mol. The van der Waals surface area contributed by atoms with Gasteiger partial charge in [0.25, 0.3) is 0 Å². The maximum Gasteiger partial charge on any atom is 0.158 e. The van der Waals surface area contributed by atoms with E-state index in [2.05, 4.69) is 0 Å². The van der Waals surface area contributed by atoms with E-state index in [1.165, 1.54) is 7.11 Å². The van der Waals surface area contributed by atoms with Crippen LogP contribution in [-0.4, -0.2) is 19.5 Å². The molecule has 3 nitrogen and oxygen atoms in total. The zero-order chi connectivity index (χ0) is 8.81. The van der Waals surface area contributed by atoms with Gasteiger partial charge in [-0.25, -0.2) is 0 Å². The molecule has 66 valence electrons. The largest absolute Gasteiger partial charge is 0.469 e. The van der Waals surface area contributed by atoms with Crippen molar-refractivity contribution in [2.24, 2.45) is 0 Å². The number of carbonyl (C=O) groups excluding carboxylic acids is 1. The Morgan fingerprint density at radius 2 is 2.50 bits per heavy atom. The lowest BCUT2D eigenvalue weighted by atomic mass is 10.2. The fourth-order valence-electron chi connectivity index (χ4n) is 0.951. The smallest absolute Gasteiger partial charge is 0.158 e. The summed E-state index contributed by atoms with van der Waals surface area (Å²) in [4.78, 5) is 11.0. The third kappa shape index (κ3) is 2.88. The molecule has 0 aliphatic carbocycles. The summed E-state index contributed by atoms with van der Waals surface area (Å²) in [7, 11) is 1.52. The molecule has 0 fully saturated rings. The first kappa shape index (κ1) is 9.00. The number of furan rings is 1. The second-order valence-corrected chi connectivity index (χ2v) is 2.55. The summed E-state index contributed by atoms with van der Waals surface area (Å²) in [6.45, 7) is 0.195. The van der Waals surface area contributed by atoms with Crippen LogP contribution in [-0.2, 0) is 16.0 Å². The van der Waals surface area contributed by atoms with E-state index >= 15 is 0 Å². The molecule has 0 amide bonds. The van der Waals surface area contributed by atoms with E-state index in [9.17, 15) is 4.79 Å². The van der Waals surface area contributed by atoms with Gasteiger partial charge in [-0.2, -0.15) is 0 Å². The van der Waals surface area contributed by atoms with Crippen LogP contribution in [0.3, 0.4) is 0 Å². The fourth-order valence-corrected chi connectivity index (χ4v) is 0.951. The van der Waals surface area contributed by atoms with Crippen molar-refractivity contribution in [3.63, 3.8) is 0 Å². The lowest BCUT2D eigenvalue weighted by Gasteiger charge is -1.96. The summed E-state index contributed by atoms with van der Waals surface area (Å²) in [6.07, 6.45) is 2.76. The van der Waals surface area contributed by atoms with Gasteiger partial charge in [-0.1, -0.05) is 0 Å². The highest BCUT2D eigenvalue weighted by Gasteiger charge is 2.02. The van der Waals surface area contributed by atoms with Crippen LogP contribution < -0.4 is 0 Å². The monoisotopic (exact) mass is 168 g/mol. The van der Waals surface area contributed by atoms with E-state index in [0.29, 0.717) is 12.8 Å². The van der Waals surface area contributed by atoms with Gasteiger partial charge >= 0.3 is 0 Å². The molecule has 0 bridgehead atoms. The quantitative estimate of drug-likeness (QED) is 0.667. The van der Waals surface area contributed by atoms with Gasteiger partial charge in [0.2, 0.25) is 0 Å². The fraction of sp³-hybridized carbons (Fsp3) is 0.444. The highest BCUT2D eigenvalue weighted by Crippen LogP contribution is 2.03. The zero-order valence-electron chi connectivity index (χ0n) is 7.08. The standard InChI is InChI=1S/C9H12O3/c1-11-7-8(10)4-5-9-3-2-6-12-9/h2-3,6H,4-5,7H2,1H3. The third-order valence-corrected chi connectivity index (χ3v) is 1.54. The van der Waals surface area contributed by atoms with Gasteiger partial charge in [0.05, 0.1) is 6.26 Å². The van der Waals surface area contributed by atoms with Gasteiger partial charge in [-0.3, -0.25) is 4.79 Å². The molecular formula is C9H12O3. The van der Waals surface area contributed by atoms with Gasteiger partial charge < -0.3 is 9.15 Å². The Bertz CT molecular complexity index is 226. The van der Waals surface area contributed by atoms with Crippen LogP contribution in [0.4, 0.5) is 0 Å². The number of Topliss-reactive ketones (excluding diaryl/α,β-unsaturated/α-hetero) is 1. The molecule has 0 unspecified atom stereocenters. The molecule has 0 aromatic carbocycles. The molecule has 1 aromatic heterocycles. The van der Waals surface area contributed by atoms with E-state index in [0.717, 1.165) is 5.76 Å². The van der Waals surface area contributed by atoms with Crippen LogP contribution in [0, 0.1) is 0 Å². The number of methoxy groups -OCH3 is 1. The van der Waals surface area contributed by atoms with Gasteiger partial charge in [-0.05, 0) is 12.1 Å². The Labute approximate surface area is 71.3 Å². The van der Waals surface area contributed by atoms with Gasteiger partial charge in [-0.15, -0.1) is 0 Å². The van der Waals surface area contributed by atoms with E-state index < -0.39 is 0 Å². The second kappa shape index (κ2) is 4.72. The summed E-state index contributed by atoms with van der Waals surface area (Å²) in [5.41, 5.74) is 0. The van der Waals surface area contributed by atoms with Crippen molar-refractivity contribution in [2.45, 2.75) is 12.8 Å². The van der Waals surface area contributed by atoms with Gasteiger partial charge in [0.15, 0.2) is 5.78 Å². The first-order chi connectivity index (χ1) is 5.83. The summed E-state index contributed by atoms with van der Waals surface area (Å²) < 4.78 is 9.76. The van der Waals surface area contributed by atoms with Crippen molar-refractivity contribution in [3.05, 3.63) is 24.2 Å². The molecule has 0 N–H and O–H groups in total. The molecule has 0 saturated heterocycles. The Balaban J connectivity index is 2.22. The van der Waals surface area contributed by atoms with Gasteiger partial charge in [0, 0.05) is 20.0 Å². The maximum absolute atomic E-state index is 11.0. The Kier molecular flexibility index (Phi) is 3.54. The number of aryl methyl sites for hydroxylation is 1. The molecule has 0 radical (unpaired) electrons. The number of carbonyl (C=O) groups is 1. The molecule has 0 atom stereocenters. The van der Waals surface area contributed by atoms with Crippen LogP contribution in [0.15, 0.2) is 22.8 Å². The van der Waals surface area contributed by atoms with Crippen molar-refractivity contribution < 1.29 is 13.9 Å². The number of ether oxygens (including phenoxy) is 1. The van der Waals surface area contributed by atoms with Crippen molar-refractivity contribution in [1.29, 1.82) is 0 Å². The minimum absolute atomic E-state index is 0.105. The number of rotatable bonds is 5. The lowest BCUT2D eigenvalue weighted by molar-refractivity contribution is -0.122. The molecule has 0 aliphatic heterocycles. The van der Waals surface area contributed by atoms with Crippen LogP contribution in [0.5, 0.6) is 0 Å². The van der Waals surface area contributed by atoms with Gasteiger partial charge in [0.1, 0.15) is 12.4 Å². The Hall–Kier alpha value is -1.09. The molecule has 0 aliphatic rings. The minimum Gasteiger partial charge on any atom is -0.469 e. The lowest BCUT2D eigenvalue weighted by Crippen LogP contribution is -2.06. The molecule has 1 rings (SSSR count). The third-order valence-electron chi connectivity index (χ3n) is 1.54. The average Bonchev–Trinajstić information content (AvgIpc) is 2.53. The first-order valence-corrected chi connectivity index (χ1v) is 3.86. The van der Waals surface area contributed by atoms with E-state index in [-0.39, 0.29) is 12.4 Å². The second-order valence-electron chi connectivity index (χ2n) is 2.55. The van der Waals surface area contributed by atoms with Crippen molar-refractivity contribution >= 4 is 5.78 Å². The Morgan fingerprint density at radius 3 is 3.08 bits per heavy atom. The molecule has 12 heavy (non-hydrogen) atoms. The summed E-state index contributed by atoms with van der Waals surface area (Å²) in [5, 5.41) is 0. The highest BCUT2D eigenvalue weighted by atomic mass is 16.5. The predicted octanol–water partition coefficient (Wildman–Crippen LogP) is 1.43. The summed E-state index contributed by atoms with van der Waals surface area (Å²) in [6, 6.07) is 3.68. The van der Waals surface area contributed by atoms with Crippen molar-refractivity contribution in [2.75, 3.05) is 13.7 Å². The van der Waals surface area contributed by atoms with Crippen molar-refractivity contribution in [1.82, 2.24) is 0 Å². The number of hydrogen-bond donors (Lipinski definition) is 0. The van der Waals surface area contributed by atoms with Crippen LogP contribution >= 0.6 is 0 Å². The molecule has 0 saturated carbocycles. The molecule has 1 heterocycles. The predicted molar refractivity (Wildman–Crippen MR) is 43.9 cm³/mol. The summed E-state index contributed by atoms with van der Waals surface area (Å²) in [5.74, 6) is 0.952. The zero-order valence-corrected chi connectivity index (χ0v) is 7.08. The topological polar surface area (TPSA) is 39.4 Å². The highest BCUT2D eigenvalue weighted by molar-refractivity contribution is 5.79. The van der Waals surface area contributed by atoms with E-state index in [1.54, 1.807) is 6.26 Å². The maximum atomic E-state index is 11.0. The van der Waals surface area contributed by atoms with Crippen LogP contribution in [0.25, 0.3) is 0 Å². The van der Waals surface area contributed by atoms with Crippen molar-refractivity contribution in [3.8, 4) is 0 Å². The minimum atomic E-state index is 0.105. The molecular weight excluding hydrogens is 156 g/mol. The van der Waals surface area contributed by atoms with E-state index in [1.807, 2.05) is 12.1 Å². The van der Waals surface area contributed by atoms with Crippen LogP contribution in [0.1, 0.15) is 12.2 Å².